The van der Waals surface area contributed by atoms with Crippen LogP contribution in [0.3, 0.4) is 0 Å². The number of hydrogen-bond acceptors (Lipinski definition) is 4. The fourth-order valence-electron chi connectivity index (χ4n) is 1.63. The maximum atomic E-state index is 11.9. The minimum Gasteiger partial charge on any atom is -0.352 e. The van der Waals surface area contributed by atoms with Crippen LogP contribution in [0.25, 0.3) is 0 Å². The van der Waals surface area contributed by atoms with Crippen molar-refractivity contribution >= 4 is 17.5 Å². The molecule has 0 radical (unpaired) electrons. The predicted molar refractivity (Wildman–Crippen MR) is 71.1 cm³/mol. The first kappa shape index (κ1) is 13.5. The summed E-state index contributed by atoms with van der Waals surface area (Å²) in [5, 5.41) is 6.56. The Kier molecular flexibility index (Phi) is 4.52. The van der Waals surface area contributed by atoms with Crippen LogP contribution in [0.2, 0.25) is 0 Å². The number of aryl methyl sites for hydroxylation is 1. The SMILES string of the molecule is Cc1nc(CCNC(=O)c2cccc(CCl)c2)no1. The van der Waals surface area contributed by atoms with Crippen molar-refractivity contribution in [1.29, 1.82) is 0 Å². The van der Waals surface area contributed by atoms with Gasteiger partial charge in [0, 0.05) is 31.3 Å². The van der Waals surface area contributed by atoms with Gasteiger partial charge in [0.2, 0.25) is 5.89 Å². The molecule has 0 bridgehead atoms. The highest BCUT2D eigenvalue weighted by molar-refractivity contribution is 6.17. The first-order valence-electron chi connectivity index (χ1n) is 5.91. The molecule has 6 heteroatoms. The number of aromatic nitrogens is 2. The van der Waals surface area contributed by atoms with E-state index in [0.29, 0.717) is 36.1 Å². The maximum absolute atomic E-state index is 11.9. The second-order valence-electron chi connectivity index (χ2n) is 4.07. The van der Waals surface area contributed by atoms with Gasteiger partial charge < -0.3 is 9.84 Å². The van der Waals surface area contributed by atoms with E-state index in [9.17, 15) is 4.79 Å². The molecule has 5 nitrogen and oxygen atoms in total. The Balaban J connectivity index is 1.87. The third-order valence-electron chi connectivity index (χ3n) is 2.55. The first-order valence-corrected chi connectivity index (χ1v) is 6.45. The molecule has 0 fully saturated rings. The van der Waals surface area contributed by atoms with Crippen LogP contribution in [0.15, 0.2) is 28.8 Å². The minimum absolute atomic E-state index is 0.132. The van der Waals surface area contributed by atoms with Crippen LogP contribution < -0.4 is 5.32 Å². The molecule has 0 aliphatic carbocycles. The van der Waals surface area contributed by atoms with Gasteiger partial charge in [0.1, 0.15) is 0 Å². The summed E-state index contributed by atoms with van der Waals surface area (Å²) in [4.78, 5) is 16.0. The third-order valence-corrected chi connectivity index (χ3v) is 2.86. The number of benzene rings is 1. The van der Waals surface area contributed by atoms with Crippen LogP contribution in [-0.2, 0) is 12.3 Å². The topological polar surface area (TPSA) is 68.0 Å². The Morgan fingerprint density at radius 3 is 3.00 bits per heavy atom. The number of hydrogen-bond donors (Lipinski definition) is 1. The van der Waals surface area contributed by atoms with Crippen molar-refractivity contribution in [3.63, 3.8) is 0 Å². The molecule has 0 saturated carbocycles. The normalized spacial score (nSPS) is 10.4. The zero-order valence-electron chi connectivity index (χ0n) is 10.5. The smallest absolute Gasteiger partial charge is 0.251 e. The lowest BCUT2D eigenvalue weighted by Crippen LogP contribution is -2.26. The van der Waals surface area contributed by atoms with E-state index in [2.05, 4.69) is 15.5 Å². The van der Waals surface area contributed by atoms with Crippen LogP contribution in [0, 0.1) is 6.92 Å². The summed E-state index contributed by atoms with van der Waals surface area (Å²) in [6.45, 7) is 2.19. The average Bonchev–Trinajstić information content (AvgIpc) is 2.84. The van der Waals surface area contributed by atoms with Crippen molar-refractivity contribution in [1.82, 2.24) is 15.5 Å². The lowest BCUT2D eigenvalue weighted by atomic mass is 10.1. The van der Waals surface area contributed by atoms with Crippen LogP contribution in [0.5, 0.6) is 0 Å². The number of alkyl halides is 1. The van der Waals surface area contributed by atoms with Crippen LogP contribution in [-0.4, -0.2) is 22.6 Å². The number of halogens is 1. The van der Waals surface area contributed by atoms with Gasteiger partial charge in [-0.15, -0.1) is 11.6 Å². The van der Waals surface area contributed by atoms with Crippen molar-refractivity contribution in [3.8, 4) is 0 Å². The maximum Gasteiger partial charge on any atom is 0.251 e. The largest absolute Gasteiger partial charge is 0.352 e. The fourth-order valence-corrected chi connectivity index (χ4v) is 1.79. The molecule has 19 heavy (non-hydrogen) atoms. The second kappa shape index (κ2) is 6.33. The average molecular weight is 280 g/mol. The van der Waals surface area contributed by atoms with Gasteiger partial charge in [0.15, 0.2) is 5.82 Å². The molecule has 2 rings (SSSR count). The Morgan fingerprint density at radius 2 is 2.32 bits per heavy atom. The summed E-state index contributed by atoms with van der Waals surface area (Å²) in [5.41, 5.74) is 1.52. The number of rotatable bonds is 5. The van der Waals surface area contributed by atoms with Gasteiger partial charge in [-0.1, -0.05) is 17.3 Å². The van der Waals surface area contributed by atoms with Crippen molar-refractivity contribution < 1.29 is 9.32 Å². The van der Waals surface area contributed by atoms with Crippen molar-refractivity contribution in [2.75, 3.05) is 6.54 Å². The van der Waals surface area contributed by atoms with Crippen LogP contribution in [0.1, 0.15) is 27.6 Å². The first-order chi connectivity index (χ1) is 9.19. The molecular formula is C13H14ClN3O2. The molecule has 1 aromatic heterocycles. The van der Waals surface area contributed by atoms with Crippen molar-refractivity contribution in [2.45, 2.75) is 19.2 Å². The predicted octanol–water partition coefficient (Wildman–Crippen LogP) is 2.09. The van der Waals surface area contributed by atoms with E-state index < -0.39 is 0 Å². The monoisotopic (exact) mass is 279 g/mol. The van der Waals surface area contributed by atoms with E-state index in [1.165, 1.54) is 0 Å². The quantitative estimate of drug-likeness (QED) is 0.851. The van der Waals surface area contributed by atoms with Crippen LogP contribution in [0.4, 0.5) is 0 Å². The molecule has 100 valence electrons. The second-order valence-corrected chi connectivity index (χ2v) is 4.34. The van der Waals surface area contributed by atoms with Gasteiger partial charge in [0.25, 0.3) is 5.91 Å². The Hall–Kier alpha value is -1.88. The number of carbonyl (C=O) groups is 1. The Morgan fingerprint density at radius 1 is 1.47 bits per heavy atom. The highest BCUT2D eigenvalue weighted by Crippen LogP contribution is 2.07. The van der Waals surface area contributed by atoms with Crippen LogP contribution >= 0.6 is 11.6 Å². The van der Waals surface area contributed by atoms with Gasteiger partial charge in [-0.3, -0.25) is 4.79 Å². The van der Waals surface area contributed by atoms with Gasteiger partial charge in [-0.2, -0.15) is 4.98 Å². The lowest BCUT2D eigenvalue weighted by Gasteiger charge is -2.04. The van der Waals surface area contributed by atoms with Gasteiger partial charge in [0.05, 0.1) is 0 Å². The molecule has 1 heterocycles. The van der Waals surface area contributed by atoms with E-state index in [1.54, 1.807) is 19.1 Å². The highest BCUT2D eigenvalue weighted by Gasteiger charge is 2.07. The number of amides is 1. The molecule has 2 aromatic rings. The van der Waals surface area contributed by atoms with E-state index >= 15 is 0 Å². The van der Waals surface area contributed by atoms with Crippen molar-refractivity contribution in [3.05, 3.63) is 47.1 Å². The van der Waals surface area contributed by atoms with E-state index in [0.717, 1.165) is 5.56 Å². The standard InChI is InChI=1S/C13H14ClN3O2/c1-9-16-12(17-19-9)5-6-15-13(18)11-4-2-3-10(7-11)8-14/h2-4,7H,5-6,8H2,1H3,(H,15,18). The lowest BCUT2D eigenvalue weighted by molar-refractivity contribution is 0.0954. The highest BCUT2D eigenvalue weighted by atomic mass is 35.5. The molecule has 0 spiro atoms. The summed E-state index contributed by atoms with van der Waals surface area (Å²) >= 11 is 5.73. The number of nitrogens with zero attached hydrogens (tertiary/aromatic N) is 2. The Labute approximate surface area is 116 Å². The molecule has 1 N–H and O–H groups in total. The molecule has 0 atom stereocenters. The molecule has 0 aliphatic heterocycles. The van der Waals surface area contributed by atoms with Crippen molar-refractivity contribution in [2.24, 2.45) is 0 Å². The molecule has 0 saturated heterocycles. The summed E-state index contributed by atoms with van der Waals surface area (Å²) in [7, 11) is 0. The summed E-state index contributed by atoms with van der Waals surface area (Å²) in [6, 6.07) is 7.23. The molecule has 1 amide bonds. The zero-order chi connectivity index (χ0) is 13.7. The minimum atomic E-state index is -0.132. The molecule has 0 unspecified atom stereocenters. The van der Waals surface area contributed by atoms with E-state index in [4.69, 9.17) is 16.1 Å². The fraction of sp³-hybridized carbons (Fsp3) is 0.308. The molecule has 0 aliphatic rings. The van der Waals surface area contributed by atoms with E-state index in [-0.39, 0.29) is 5.91 Å². The third kappa shape index (κ3) is 3.79. The summed E-state index contributed by atoms with van der Waals surface area (Å²) in [5.74, 6) is 1.37. The van der Waals surface area contributed by atoms with E-state index in [1.807, 2.05) is 12.1 Å². The van der Waals surface area contributed by atoms with Gasteiger partial charge in [-0.25, -0.2) is 0 Å². The number of nitrogens with one attached hydrogen (secondary N) is 1. The summed E-state index contributed by atoms with van der Waals surface area (Å²) < 4.78 is 4.85. The number of carbonyl (C=O) groups excluding carboxylic acids is 1. The zero-order valence-corrected chi connectivity index (χ0v) is 11.3. The summed E-state index contributed by atoms with van der Waals surface area (Å²) in [6.07, 6.45) is 0.540. The molecule has 1 aromatic carbocycles. The van der Waals surface area contributed by atoms with Gasteiger partial charge >= 0.3 is 0 Å². The Bertz CT molecular complexity index is 569. The molecular weight excluding hydrogens is 266 g/mol. The van der Waals surface area contributed by atoms with Gasteiger partial charge in [-0.05, 0) is 17.7 Å².